The molecule has 0 spiro atoms. The second-order valence-corrected chi connectivity index (χ2v) is 6.40. The van der Waals surface area contributed by atoms with Crippen LogP contribution in [0.4, 0.5) is 0 Å². The molecule has 0 bridgehead atoms. The van der Waals surface area contributed by atoms with Crippen molar-refractivity contribution in [3.8, 4) is 0 Å². The minimum Gasteiger partial charge on any atom is -0.349 e. The van der Waals surface area contributed by atoms with Gasteiger partial charge in [-0.1, -0.05) is 29.8 Å². The van der Waals surface area contributed by atoms with Gasteiger partial charge in [0.05, 0.1) is 0 Å². The maximum atomic E-state index is 12.4. The Labute approximate surface area is 145 Å². The molecule has 3 rings (SSSR count). The van der Waals surface area contributed by atoms with Crippen LogP contribution in [0.2, 0.25) is 5.02 Å². The highest BCUT2D eigenvalue weighted by Gasteiger charge is 2.23. The van der Waals surface area contributed by atoms with Crippen LogP contribution in [-0.2, 0) is 19.4 Å². The van der Waals surface area contributed by atoms with Gasteiger partial charge in [0.1, 0.15) is 0 Å². The van der Waals surface area contributed by atoms with Crippen molar-refractivity contribution < 1.29 is 4.79 Å². The van der Waals surface area contributed by atoms with Gasteiger partial charge >= 0.3 is 0 Å². The van der Waals surface area contributed by atoms with E-state index in [2.05, 4.69) is 11.9 Å². The van der Waals surface area contributed by atoms with Crippen LogP contribution >= 0.6 is 11.6 Å². The molecular weight excluding hydrogens is 324 g/mol. The Hall–Kier alpha value is -2.33. The molecule has 124 valence electrons. The highest BCUT2D eigenvalue weighted by Crippen LogP contribution is 2.21. The van der Waals surface area contributed by atoms with Crippen molar-refractivity contribution in [3.05, 3.63) is 81.3 Å². The fourth-order valence-corrected chi connectivity index (χ4v) is 3.37. The highest BCUT2D eigenvalue weighted by molar-refractivity contribution is 6.30. The second-order valence-electron chi connectivity index (χ2n) is 5.97. The zero-order valence-electron chi connectivity index (χ0n) is 13.3. The van der Waals surface area contributed by atoms with Crippen molar-refractivity contribution in [1.82, 2.24) is 9.88 Å². The number of rotatable bonds is 4. The topological polar surface area (TPSA) is 51.1 Å². The quantitative estimate of drug-likeness (QED) is 0.868. The van der Waals surface area contributed by atoms with Gasteiger partial charge in [-0.15, -0.1) is 6.58 Å². The molecule has 1 atom stereocenters. The summed E-state index contributed by atoms with van der Waals surface area (Å²) in [7, 11) is 0. The molecule has 24 heavy (non-hydrogen) atoms. The Balaban J connectivity index is 1.76. The number of hydrogen-bond donors (Lipinski definition) is 1. The van der Waals surface area contributed by atoms with Crippen LogP contribution < -0.4 is 10.9 Å². The summed E-state index contributed by atoms with van der Waals surface area (Å²) in [5.74, 6) is -0.120. The van der Waals surface area contributed by atoms with Crippen LogP contribution in [0.1, 0.15) is 28.0 Å². The van der Waals surface area contributed by atoms with Crippen LogP contribution in [0.3, 0.4) is 0 Å². The van der Waals surface area contributed by atoms with E-state index in [1.807, 2.05) is 6.07 Å². The van der Waals surface area contributed by atoms with Gasteiger partial charge in [0.2, 0.25) is 0 Å². The molecule has 0 unspecified atom stereocenters. The number of amides is 1. The van der Waals surface area contributed by atoms with Crippen molar-refractivity contribution in [1.29, 1.82) is 0 Å². The molecule has 1 aliphatic rings. The van der Waals surface area contributed by atoms with E-state index in [1.165, 1.54) is 0 Å². The van der Waals surface area contributed by atoms with Gasteiger partial charge in [0.25, 0.3) is 11.5 Å². The molecule has 0 saturated heterocycles. The Morgan fingerprint density at radius 3 is 2.96 bits per heavy atom. The summed E-state index contributed by atoms with van der Waals surface area (Å²) in [6.45, 7) is 4.23. The van der Waals surface area contributed by atoms with Gasteiger partial charge in [-0.05, 0) is 43.0 Å². The summed E-state index contributed by atoms with van der Waals surface area (Å²) >= 11 is 5.94. The van der Waals surface area contributed by atoms with Crippen LogP contribution in [0.5, 0.6) is 0 Å². The van der Waals surface area contributed by atoms with E-state index in [9.17, 15) is 9.59 Å². The number of fused-ring (bicyclic) bond motifs is 1. The zero-order valence-corrected chi connectivity index (χ0v) is 14.1. The first-order valence-electron chi connectivity index (χ1n) is 7.97. The Morgan fingerprint density at radius 2 is 2.21 bits per heavy atom. The number of nitrogens with zero attached hydrogens (tertiary/aromatic N) is 1. The summed E-state index contributed by atoms with van der Waals surface area (Å²) < 4.78 is 1.76. The molecule has 1 amide bonds. The monoisotopic (exact) mass is 342 g/mol. The maximum absolute atomic E-state index is 12.4. The van der Waals surface area contributed by atoms with Crippen molar-refractivity contribution >= 4 is 17.5 Å². The minimum absolute atomic E-state index is 0.00457. The normalized spacial score (nSPS) is 16.3. The van der Waals surface area contributed by atoms with E-state index < -0.39 is 0 Å². The number of allylic oxidation sites excluding steroid dienone is 1. The molecule has 1 aromatic carbocycles. The Morgan fingerprint density at radius 1 is 1.38 bits per heavy atom. The standard InChI is InChI=1S/C19H19ClN2O2/c1-2-10-22-17-8-7-16(12-13(17)6-9-18(22)23)21-19(24)14-4-3-5-15(20)11-14/h2-6,9,11,16H,1,7-8,10,12H2,(H,21,24)/t16-/m1/s1. The lowest BCUT2D eigenvalue weighted by atomic mass is 9.91. The number of nitrogens with one attached hydrogen (secondary N) is 1. The summed E-state index contributed by atoms with van der Waals surface area (Å²) in [5, 5.41) is 3.61. The molecule has 0 radical (unpaired) electrons. The average molecular weight is 343 g/mol. The van der Waals surface area contributed by atoms with Crippen molar-refractivity contribution in [2.75, 3.05) is 0 Å². The van der Waals surface area contributed by atoms with Crippen molar-refractivity contribution in [2.24, 2.45) is 0 Å². The molecule has 0 fully saturated rings. The van der Waals surface area contributed by atoms with Crippen LogP contribution in [0, 0.1) is 0 Å². The zero-order chi connectivity index (χ0) is 17.1. The fraction of sp³-hybridized carbons (Fsp3) is 0.263. The summed E-state index contributed by atoms with van der Waals surface area (Å²) in [5.41, 5.74) is 2.72. The molecule has 1 aromatic heterocycles. The first-order chi connectivity index (χ1) is 11.6. The summed E-state index contributed by atoms with van der Waals surface area (Å²) in [6.07, 6.45) is 4.02. The van der Waals surface area contributed by atoms with Crippen LogP contribution in [0.25, 0.3) is 0 Å². The number of hydrogen-bond acceptors (Lipinski definition) is 2. The fourth-order valence-electron chi connectivity index (χ4n) is 3.18. The number of aromatic nitrogens is 1. The SMILES string of the molecule is C=CCn1c2c(ccc1=O)C[C@H](NC(=O)c1cccc(Cl)c1)CC2. The molecular formula is C19H19ClN2O2. The van der Waals surface area contributed by atoms with Gasteiger partial charge in [-0.2, -0.15) is 0 Å². The van der Waals surface area contributed by atoms with E-state index in [0.717, 1.165) is 30.5 Å². The summed E-state index contributed by atoms with van der Waals surface area (Å²) in [4.78, 5) is 24.4. The molecule has 1 aliphatic carbocycles. The molecule has 1 heterocycles. The molecule has 0 saturated carbocycles. The molecule has 2 aromatic rings. The van der Waals surface area contributed by atoms with Gasteiger partial charge in [-0.3, -0.25) is 9.59 Å². The molecule has 4 nitrogen and oxygen atoms in total. The first kappa shape index (κ1) is 16.5. The van der Waals surface area contributed by atoms with Crippen molar-refractivity contribution in [2.45, 2.75) is 31.8 Å². The summed E-state index contributed by atoms with van der Waals surface area (Å²) in [6, 6.07) is 10.4. The third-order valence-electron chi connectivity index (χ3n) is 4.32. The Kier molecular flexibility index (Phi) is 4.86. The number of carbonyl (C=O) groups excluding carboxylic acids is 1. The van der Waals surface area contributed by atoms with Crippen molar-refractivity contribution in [3.63, 3.8) is 0 Å². The van der Waals surface area contributed by atoms with E-state index in [1.54, 1.807) is 41.0 Å². The van der Waals surface area contributed by atoms with Crippen LogP contribution in [-0.4, -0.2) is 16.5 Å². The van der Waals surface area contributed by atoms with Crippen LogP contribution in [0.15, 0.2) is 53.8 Å². The van der Waals surface area contributed by atoms with E-state index in [0.29, 0.717) is 17.1 Å². The minimum atomic E-state index is -0.120. The lowest BCUT2D eigenvalue weighted by Crippen LogP contribution is -2.40. The van der Waals surface area contributed by atoms with Gasteiger partial charge in [-0.25, -0.2) is 0 Å². The number of halogens is 1. The van der Waals surface area contributed by atoms with Gasteiger partial charge in [0, 0.05) is 34.9 Å². The maximum Gasteiger partial charge on any atom is 0.251 e. The lowest BCUT2D eigenvalue weighted by molar-refractivity contribution is 0.0933. The second kappa shape index (κ2) is 7.05. The molecule has 5 heteroatoms. The molecule has 1 N–H and O–H groups in total. The Bertz CT molecular complexity index is 842. The lowest BCUT2D eigenvalue weighted by Gasteiger charge is -2.27. The highest BCUT2D eigenvalue weighted by atomic mass is 35.5. The van der Waals surface area contributed by atoms with E-state index in [4.69, 9.17) is 11.6 Å². The molecule has 0 aliphatic heterocycles. The van der Waals surface area contributed by atoms with E-state index in [-0.39, 0.29) is 17.5 Å². The third kappa shape index (κ3) is 3.44. The smallest absolute Gasteiger partial charge is 0.251 e. The number of pyridine rings is 1. The third-order valence-corrected chi connectivity index (χ3v) is 4.55. The predicted octanol–water partition coefficient (Wildman–Crippen LogP) is 2.98. The first-order valence-corrected chi connectivity index (χ1v) is 8.35. The van der Waals surface area contributed by atoms with Gasteiger partial charge in [0.15, 0.2) is 0 Å². The largest absolute Gasteiger partial charge is 0.349 e. The predicted molar refractivity (Wildman–Crippen MR) is 95.6 cm³/mol. The van der Waals surface area contributed by atoms with Gasteiger partial charge < -0.3 is 9.88 Å². The number of benzene rings is 1. The average Bonchev–Trinajstić information content (AvgIpc) is 2.57. The number of carbonyl (C=O) groups is 1. The van der Waals surface area contributed by atoms with E-state index >= 15 is 0 Å².